The van der Waals surface area contributed by atoms with Crippen LogP contribution in [0.4, 0.5) is 0 Å². The molecule has 0 radical (unpaired) electrons. The minimum absolute atomic E-state index is 0.718. The fourth-order valence-corrected chi connectivity index (χ4v) is 4.77. The van der Waals surface area contributed by atoms with Crippen molar-refractivity contribution >= 4 is 0 Å². The molecule has 2 aliphatic heterocycles. The van der Waals surface area contributed by atoms with Gasteiger partial charge in [-0.05, 0) is 97.1 Å². The SMILES string of the molecule is CN(C)C1CCC2(CC1)CCN(C1CCNCC1)CC2. The van der Waals surface area contributed by atoms with Crippen LogP contribution in [0.25, 0.3) is 0 Å². The van der Waals surface area contributed by atoms with Crippen molar-refractivity contribution in [3.8, 4) is 0 Å². The van der Waals surface area contributed by atoms with E-state index in [0.717, 1.165) is 17.5 Å². The lowest BCUT2D eigenvalue weighted by molar-refractivity contribution is 0.0210. The van der Waals surface area contributed by atoms with Gasteiger partial charge in [0.15, 0.2) is 0 Å². The first kappa shape index (κ1) is 14.8. The Kier molecular flexibility index (Phi) is 4.68. The smallest absolute Gasteiger partial charge is 0.0119 e. The van der Waals surface area contributed by atoms with E-state index in [4.69, 9.17) is 0 Å². The van der Waals surface area contributed by atoms with Crippen LogP contribution in [0.3, 0.4) is 0 Å². The van der Waals surface area contributed by atoms with Gasteiger partial charge in [0.2, 0.25) is 0 Å². The average Bonchev–Trinajstić information content (AvgIpc) is 2.49. The zero-order valence-corrected chi connectivity index (χ0v) is 13.5. The second-order valence-electron chi connectivity index (χ2n) is 7.71. The molecule has 3 fully saturated rings. The van der Waals surface area contributed by atoms with Crippen molar-refractivity contribution in [3.63, 3.8) is 0 Å². The predicted octanol–water partition coefficient (Wildman–Crippen LogP) is 2.32. The number of likely N-dealkylation sites (tertiary alicyclic amines) is 1. The third kappa shape index (κ3) is 3.20. The molecule has 0 amide bonds. The summed E-state index contributed by atoms with van der Waals surface area (Å²) in [7, 11) is 4.50. The first-order chi connectivity index (χ1) is 9.69. The predicted molar refractivity (Wildman–Crippen MR) is 85.1 cm³/mol. The van der Waals surface area contributed by atoms with E-state index in [1.807, 2.05) is 0 Å². The van der Waals surface area contributed by atoms with Crippen molar-refractivity contribution < 1.29 is 0 Å². The highest BCUT2D eigenvalue weighted by molar-refractivity contribution is 4.93. The maximum Gasteiger partial charge on any atom is 0.0119 e. The fraction of sp³-hybridized carbons (Fsp3) is 1.00. The Hall–Kier alpha value is -0.120. The van der Waals surface area contributed by atoms with Crippen LogP contribution in [0.1, 0.15) is 51.4 Å². The molecule has 0 atom stereocenters. The van der Waals surface area contributed by atoms with E-state index in [0.29, 0.717) is 0 Å². The molecule has 1 aliphatic carbocycles. The van der Waals surface area contributed by atoms with Gasteiger partial charge >= 0.3 is 0 Å². The molecule has 1 saturated carbocycles. The van der Waals surface area contributed by atoms with Crippen LogP contribution < -0.4 is 5.32 Å². The van der Waals surface area contributed by atoms with E-state index in [9.17, 15) is 0 Å². The maximum absolute atomic E-state index is 3.49. The largest absolute Gasteiger partial charge is 0.317 e. The number of hydrogen-bond acceptors (Lipinski definition) is 3. The zero-order valence-electron chi connectivity index (χ0n) is 13.5. The second kappa shape index (κ2) is 6.33. The van der Waals surface area contributed by atoms with Crippen LogP contribution in [-0.4, -0.2) is 62.2 Å². The van der Waals surface area contributed by atoms with Gasteiger partial charge < -0.3 is 15.1 Å². The van der Waals surface area contributed by atoms with Crippen molar-refractivity contribution in [1.29, 1.82) is 0 Å². The Balaban J connectivity index is 1.48. The summed E-state index contributed by atoms with van der Waals surface area (Å²) < 4.78 is 0. The minimum atomic E-state index is 0.718. The summed E-state index contributed by atoms with van der Waals surface area (Å²) in [4.78, 5) is 5.25. The van der Waals surface area contributed by atoms with E-state index in [2.05, 4.69) is 29.2 Å². The van der Waals surface area contributed by atoms with Gasteiger partial charge in [-0.1, -0.05) is 0 Å². The van der Waals surface area contributed by atoms with Crippen molar-refractivity contribution in [1.82, 2.24) is 15.1 Å². The third-order valence-electron chi connectivity index (χ3n) is 6.43. The van der Waals surface area contributed by atoms with Gasteiger partial charge in [0.1, 0.15) is 0 Å². The molecule has 0 bridgehead atoms. The molecule has 116 valence electrons. The minimum Gasteiger partial charge on any atom is -0.317 e. The summed E-state index contributed by atoms with van der Waals surface area (Å²) in [5.41, 5.74) is 0.718. The topological polar surface area (TPSA) is 18.5 Å². The molecule has 3 aliphatic rings. The Morgan fingerprint density at radius 2 is 1.50 bits per heavy atom. The molecule has 0 aromatic carbocycles. The molecule has 3 rings (SSSR count). The van der Waals surface area contributed by atoms with E-state index in [1.165, 1.54) is 77.5 Å². The molecule has 0 aromatic heterocycles. The van der Waals surface area contributed by atoms with Crippen LogP contribution in [0.2, 0.25) is 0 Å². The van der Waals surface area contributed by atoms with E-state index in [1.54, 1.807) is 0 Å². The zero-order chi connectivity index (χ0) is 14.0. The summed E-state index contributed by atoms with van der Waals surface area (Å²) in [6.45, 7) is 5.21. The van der Waals surface area contributed by atoms with Gasteiger partial charge in [-0.3, -0.25) is 0 Å². The van der Waals surface area contributed by atoms with E-state index < -0.39 is 0 Å². The molecule has 2 heterocycles. The molecular weight excluding hydrogens is 246 g/mol. The third-order valence-corrected chi connectivity index (χ3v) is 6.43. The Morgan fingerprint density at radius 1 is 0.900 bits per heavy atom. The molecule has 1 N–H and O–H groups in total. The van der Waals surface area contributed by atoms with E-state index >= 15 is 0 Å². The lowest BCUT2D eigenvalue weighted by Crippen LogP contribution is -2.50. The lowest BCUT2D eigenvalue weighted by atomic mass is 9.66. The molecule has 0 unspecified atom stereocenters. The quantitative estimate of drug-likeness (QED) is 0.837. The number of nitrogens with one attached hydrogen (secondary N) is 1. The van der Waals surface area contributed by atoms with Crippen LogP contribution >= 0.6 is 0 Å². The Morgan fingerprint density at radius 3 is 2.05 bits per heavy atom. The molecule has 3 heteroatoms. The summed E-state index contributed by atoms with van der Waals surface area (Å²) in [6, 6.07) is 1.73. The Bertz CT molecular complexity index is 291. The number of rotatable bonds is 2. The van der Waals surface area contributed by atoms with Crippen molar-refractivity contribution in [3.05, 3.63) is 0 Å². The van der Waals surface area contributed by atoms with Crippen LogP contribution in [0, 0.1) is 5.41 Å². The van der Waals surface area contributed by atoms with Crippen molar-refractivity contribution in [2.24, 2.45) is 5.41 Å². The first-order valence-electron chi connectivity index (χ1n) is 8.80. The summed E-state index contributed by atoms with van der Waals surface area (Å²) in [6.07, 6.45) is 11.5. The van der Waals surface area contributed by atoms with Crippen LogP contribution in [0.5, 0.6) is 0 Å². The highest BCUT2D eigenvalue weighted by atomic mass is 15.2. The van der Waals surface area contributed by atoms with Crippen molar-refractivity contribution in [2.75, 3.05) is 40.3 Å². The number of piperidine rings is 2. The maximum atomic E-state index is 3.49. The molecule has 20 heavy (non-hydrogen) atoms. The molecule has 3 nitrogen and oxygen atoms in total. The average molecular weight is 279 g/mol. The van der Waals surface area contributed by atoms with Gasteiger partial charge in [0.05, 0.1) is 0 Å². The first-order valence-corrected chi connectivity index (χ1v) is 8.80. The van der Waals surface area contributed by atoms with Gasteiger partial charge in [-0.15, -0.1) is 0 Å². The van der Waals surface area contributed by atoms with Gasteiger partial charge in [0.25, 0.3) is 0 Å². The molecule has 0 aromatic rings. The van der Waals surface area contributed by atoms with Crippen LogP contribution in [0.15, 0.2) is 0 Å². The monoisotopic (exact) mass is 279 g/mol. The normalized spacial score (nSPS) is 30.1. The number of hydrogen-bond donors (Lipinski definition) is 1. The second-order valence-corrected chi connectivity index (χ2v) is 7.71. The highest BCUT2D eigenvalue weighted by Gasteiger charge is 2.39. The molecule has 1 spiro atoms. The molecule has 2 saturated heterocycles. The highest BCUT2D eigenvalue weighted by Crippen LogP contribution is 2.45. The molecular formula is C17H33N3. The Labute approximate surface area is 125 Å². The van der Waals surface area contributed by atoms with Crippen LogP contribution in [-0.2, 0) is 0 Å². The van der Waals surface area contributed by atoms with Gasteiger partial charge in [-0.2, -0.15) is 0 Å². The lowest BCUT2D eigenvalue weighted by Gasteiger charge is -2.49. The van der Waals surface area contributed by atoms with Gasteiger partial charge in [-0.25, -0.2) is 0 Å². The summed E-state index contributed by atoms with van der Waals surface area (Å²) in [5.74, 6) is 0. The fourth-order valence-electron chi connectivity index (χ4n) is 4.77. The van der Waals surface area contributed by atoms with E-state index in [-0.39, 0.29) is 0 Å². The number of nitrogens with zero attached hydrogens (tertiary/aromatic N) is 2. The summed E-state index contributed by atoms with van der Waals surface area (Å²) >= 11 is 0. The summed E-state index contributed by atoms with van der Waals surface area (Å²) in [5, 5.41) is 3.49. The van der Waals surface area contributed by atoms with Crippen molar-refractivity contribution in [2.45, 2.75) is 63.5 Å². The van der Waals surface area contributed by atoms with Gasteiger partial charge in [0, 0.05) is 12.1 Å². The standard InChI is InChI=1S/C17H33N3/c1-19(2)15-3-7-17(8-4-15)9-13-20(14-10-17)16-5-11-18-12-6-16/h15-16,18H,3-14H2,1-2H3.